The highest BCUT2D eigenvalue weighted by Crippen LogP contribution is 2.24. The SMILES string of the molecule is O=C(c1cn[nH]n1)c1cc2cc(Cl)ccc2o1. The summed E-state index contributed by atoms with van der Waals surface area (Å²) in [5, 5.41) is 11.0. The number of nitrogens with one attached hydrogen (secondary N) is 1. The van der Waals surface area contributed by atoms with Crippen LogP contribution < -0.4 is 0 Å². The molecule has 2 aromatic heterocycles. The number of carbonyl (C=O) groups is 1. The van der Waals surface area contributed by atoms with Crippen molar-refractivity contribution >= 4 is 28.4 Å². The largest absolute Gasteiger partial charge is 0.453 e. The van der Waals surface area contributed by atoms with Gasteiger partial charge in [0.1, 0.15) is 5.58 Å². The molecule has 0 saturated heterocycles. The van der Waals surface area contributed by atoms with Gasteiger partial charge in [0.15, 0.2) is 11.5 Å². The third-order valence-electron chi connectivity index (χ3n) is 2.35. The van der Waals surface area contributed by atoms with Gasteiger partial charge in [0.05, 0.1) is 6.20 Å². The topological polar surface area (TPSA) is 71.8 Å². The van der Waals surface area contributed by atoms with Gasteiger partial charge in [-0.2, -0.15) is 15.4 Å². The molecule has 0 fully saturated rings. The number of hydrogen-bond donors (Lipinski definition) is 1. The van der Waals surface area contributed by atoms with Crippen molar-refractivity contribution in [3.63, 3.8) is 0 Å². The van der Waals surface area contributed by atoms with E-state index in [1.807, 2.05) is 0 Å². The highest BCUT2D eigenvalue weighted by Gasteiger charge is 2.16. The molecule has 0 radical (unpaired) electrons. The van der Waals surface area contributed by atoms with Gasteiger partial charge in [0.25, 0.3) is 0 Å². The van der Waals surface area contributed by atoms with E-state index in [1.54, 1.807) is 24.3 Å². The summed E-state index contributed by atoms with van der Waals surface area (Å²) in [5.74, 6) is -0.0951. The Hall–Kier alpha value is -2.14. The average molecular weight is 248 g/mol. The Kier molecular flexibility index (Phi) is 2.19. The normalized spacial score (nSPS) is 10.9. The van der Waals surface area contributed by atoms with Gasteiger partial charge in [0, 0.05) is 10.4 Å². The van der Waals surface area contributed by atoms with Crippen molar-refractivity contribution in [2.24, 2.45) is 0 Å². The van der Waals surface area contributed by atoms with Gasteiger partial charge in [-0.05, 0) is 24.3 Å². The van der Waals surface area contributed by atoms with E-state index in [0.717, 1.165) is 5.39 Å². The smallest absolute Gasteiger partial charge is 0.250 e. The second-order valence-electron chi connectivity index (χ2n) is 3.48. The van der Waals surface area contributed by atoms with Gasteiger partial charge in [0.2, 0.25) is 5.78 Å². The second kappa shape index (κ2) is 3.71. The minimum Gasteiger partial charge on any atom is -0.453 e. The van der Waals surface area contributed by atoms with Crippen molar-refractivity contribution in [2.75, 3.05) is 0 Å². The number of aromatic amines is 1. The maximum atomic E-state index is 11.9. The average Bonchev–Trinajstić information content (AvgIpc) is 2.96. The lowest BCUT2D eigenvalue weighted by atomic mass is 10.2. The van der Waals surface area contributed by atoms with Crippen LogP contribution in [0.15, 0.2) is 34.9 Å². The first-order valence-electron chi connectivity index (χ1n) is 4.83. The molecule has 0 aliphatic heterocycles. The second-order valence-corrected chi connectivity index (χ2v) is 3.91. The van der Waals surface area contributed by atoms with E-state index in [9.17, 15) is 4.79 Å². The van der Waals surface area contributed by atoms with Gasteiger partial charge in [-0.15, -0.1) is 0 Å². The fourth-order valence-corrected chi connectivity index (χ4v) is 1.74. The number of rotatable bonds is 2. The van der Waals surface area contributed by atoms with Crippen molar-refractivity contribution in [2.45, 2.75) is 0 Å². The molecule has 0 spiro atoms. The van der Waals surface area contributed by atoms with Gasteiger partial charge < -0.3 is 4.42 Å². The van der Waals surface area contributed by atoms with Crippen LogP contribution in [0.1, 0.15) is 16.2 Å². The lowest BCUT2D eigenvalue weighted by Gasteiger charge is -1.89. The highest BCUT2D eigenvalue weighted by atomic mass is 35.5. The van der Waals surface area contributed by atoms with Crippen molar-refractivity contribution < 1.29 is 9.21 Å². The molecule has 17 heavy (non-hydrogen) atoms. The fraction of sp³-hybridized carbons (Fsp3) is 0. The molecule has 1 N–H and O–H groups in total. The van der Waals surface area contributed by atoms with Crippen LogP contribution in [0, 0.1) is 0 Å². The summed E-state index contributed by atoms with van der Waals surface area (Å²) >= 11 is 5.85. The monoisotopic (exact) mass is 247 g/mol. The standard InChI is InChI=1S/C11H6ClN3O2/c12-7-1-2-9-6(3-7)4-10(17-9)11(16)8-5-13-15-14-8/h1-5H,(H,13,14,15). The number of carbonyl (C=O) groups excluding carboxylic acids is 1. The fourth-order valence-electron chi connectivity index (χ4n) is 1.56. The maximum Gasteiger partial charge on any atom is 0.250 e. The molecule has 0 aliphatic carbocycles. The van der Waals surface area contributed by atoms with Gasteiger partial charge >= 0.3 is 0 Å². The lowest BCUT2D eigenvalue weighted by molar-refractivity contribution is 0.101. The lowest BCUT2D eigenvalue weighted by Crippen LogP contribution is -1.99. The van der Waals surface area contributed by atoms with Crippen LogP contribution in [0.4, 0.5) is 0 Å². The zero-order valence-electron chi connectivity index (χ0n) is 8.48. The Bertz CT molecular complexity index is 688. The van der Waals surface area contributed by atoms with Crippen molar-refractivity contribution in [3.8, 4) is 0 Å². The highest BCUT2D eigenvalue weighted by molar-refractivity contribution is 6.31. The summed E-state index contributed by atoms with van der Waals surface area (Å²) in [5.41, 5.74) is 0.830. The number of H-pyrrole nitrogens is 1. The summed E-state index contributed by atoms with van der Waals surface area (Å²) in [6.45, 7) is 0. The third-order valence-corrected chi connectivity index (χ3v) is 2.58. The van der Waals surface area contributed by atoms with Crippen LogP contribution in [-0.2, 0) is 0 Å². The van der Waals surface area contributed by atoms with Crippen LogP contribution >= 0.6 is 11.6 Å². The Morgan fingerprint density at radius 3 is 3.00 bits per heavy atom. The van der Waals surface area contributed by atoms with Gasteiger partial charge in [-0.1, -0.05) is 11.6 Å². The predicted octanol–water partition coefficient (Wildman–Crippen LogP) is 2.44. The van der Waals surface area contributed by atoms with Crippen LogP contribution in [0.5, 0.6) is 0 Å². The van der Waals surface area contributed by atoms with E-state index in [0.29, 0.717) is 10.6 Å². The number of halogens is 1. The Labute approximate surface area is 100 Å². The van der Waals surface area contributed by atoms with Crippen LogP contribution in [-0.4, -0.2) is 21.2 Å². The first kappa shape index (κ1) is 10.0. The van der Waals surface area contributed by atoms with E-state index >= 15 is 0 Å². The molecular formula is C11H6ClN3O2. The predicted molar refractivity (Wildman–Crippen MR) is 61.0 cm³/mol. The molecule has 0 saturated carbocycles. The number of nitrogens with zero attached hydrogens (tertiary/aromatic N) is 2. The van der Waals surface area contributed by atoms with Crippen molar-refractivity contribution in [1.29, 1.82) is 0 Å². The first-order valence-corrected chi connectivity index (χ1v) is 5.21. The summed E-state index contributed by atoms with van der Waals surface area (Å²) < 4.78 is 5.42. The molecule has 0 aliphatic rings. The van der Waals surface area contributed by atoms with E-state index in [-0.39, 0.29) is 17.2 Å². The molecule has 0 amide bonds. The molecule has 0 unspecified atom stereocenters. The molecule has 0 bridgehead atoms. The third kappa shape index (κ3) is 1.70. The van der Waals surface area contributed by atoms with Crippen molar-refractivity contribution in [1.82, 2.24) is 15.4 Å². The molecule has 5 nitrogen and oxygen atoms in total. The summed E-state index contributed by atoms with van der Waals surface area (Å²) in [6, 6.07) is 6.80. The molecular weight excluding hydrogens is 242 g/mol. The Morgan fingerprint density at radius 1 is 1.35 bits per heavy atom. The van der Waals surface area contributed by atoms with E-state index < -0.39 is 0 Å². The van der Waals surface area contributed by atoms with Crippen LogP contribution in [0.25, 0.3) is 11.0 Å². The quantitative estimate of drug-likeness (QED) is 0.706. The minimum absolute atomic E-state index is 0.218. The van der Waals surface area contributed by atoms with E-state index in [2.05, 4.69) is 15.4 Å². The van der Waals surface area contributed by atoms with Crippen LogP contribution in [0.2, 0.25) is 5.02 Å². The van der Waals surface area contributed by atoms with Gasteiger partial charge in [-0.3, -0.25) is 4.79 Å². The van der Waals surface area contributed by atoms with E-state index in [1.165, 1.54) is 6.20 Å². The number of furan rings is 1. The number of fused-ring (bicyclic) bond motifs is 1. The van der Waals surface area contributed by atoms with Crippen LogP contribution in [0.3, 0.4) is 0 Å². The van der Waals surface area contributed by atoms with E-state index in [4.69, 9.17) is 16.0 Å². The maximum absolute atomic E-state index is 11.9. The van der Waals surface area contributed by atoms with Crippen molar-refractivity contribution in [3.05, 3.63) is 46.9 Å². The zero-order valence-corrected chi connectivity index (χ0v) is 9.23. The zero-order chi connectivity index (χ0) is 11.8. The molecule has 0 atom stereocenters. The number of aromatic nitrogens is 3. The molecule has 2 heterocycles. The minimum atomic E-state index is -0.314. The van der Waals surface area contributed by atoms with Gasteiger partial charge in [-0.25, -0.2) is 0 Å². The molecule has 3 rings (SSSR count). The summed E-state index contributed by atoms with van der Waals surface area (Å²) in [6.07, 6.45) is 1.35. The molecule has 3 aromatic rings. The molecule has 1 aromatic carbocycles. The number of hydrogen-bond acceptors (Lipinski definition) is 4. The Morgan fingerprint density at radius 2 is 2.24 bits per heavy atom. The molecule has 84 valence electrons. The number of benzene rings is 1. The summed E-state index contributed by atoms with van der Waals surface area (Å²) in [4.78, 5) is 11.9. The molecule has 6 heteroatoms. The first-order chi connectivity index (χ1) is 8.24. The Balaban J connectivity index is 2.09. The number of ketones is 1. The summed E-state index contributed by atoms with van der Waals surface area (Å²) in [7, 11) is 0.